The van der Waals surface area contributed by atoms with E-state index < -0.39 is 0 Å². The molecule has 0 radical (unpaired) electrons. The van der Waals surface area contributed by atoms with Gasteiger partial charge in [-0.2, -0.15) is 0 Å². The van der Waals surface area contributed by atoms with Gasteiger partial charge in [-0.05, 0) is 63.0 Å². The number of furan rings is 1. The van der Waals surface area contributed by atoms with Crippen molar-refractivity contribution < 1.29 is 9.21 Å². The van der Waals surface area contributed by atoms with E-state index >= 15 is 0 Å². The van der Waals surface area contributed by atoms with Crippen molar-refractivity contribution in [1.29, 1.82) is 0 Å². The zero-order valence-corrected chi connectivity index (χ0v) is 13.5. The molecule has 1 fully saturated rings. The summed E-state index contributed by atoms with van der Waals surface area (Å²) in [7, 11) is 1.98. The number of benzene rings is 1. The van der Waals surface area contributed by atoms with Gasteiger partial charge in [-0.25, -0.2) is 0 Å². The highest BCUT2D eigenvalue weighted by molar-refractivity contribution is 6.31. The maximum Gasteiger partial charge on any atom is 0.289 e. The van der Waals surface area contributed by atoms with E-state index in [0.717, 1.165) is 37.9 Å². The first-order valence-corrected chi connectivity index (χ1v) is 8.18. The van der Waals surface area contributed by atoms with Crippen LogP contribution in [0.4, 0.5) is 0 Å². The van der Waals surface area contributed by atoms with Crippen molar-refractivity contribution in [3.05, 3.63) is 35.0 Å². The average molecular weight is 321 g/mol. The lowest BCUT2D eigenvalue weighted by atomic mass is 9.93. The van der Waals surface area contributed by atoms with E-state index in [4.69, 9.17) is 16.0 Å². The molecule has 1 aliphatic heterocycles. The van der Waals surface area contributed by atoms with Crippen molar-refractivity contribution in [3.63, 3.8) is 0 Å². The number of rotatable bonds is 4. The third kappa shape index (κ3) is 3.28. The van der Waals surface area contributed by atoms with Gasteiger partial charge in [0, 0.05) is 23.5 Å². The zero-order valence-electron chi connectivity index (χ0n) is 12.8. The van der Waals surface area contributed by atoms with E-state index in [-0.39, 0.29) is 5.91 Å². The number of nitrogens with one attached hydrogen (secondary N) is 1. The van der Waals surface area contributed by atoms with Crippen molar-refractivity contribution in [2.75, 3.05) is 26.7 Å². The van der Waals surface area contributed by atoms with E-state index in [1.54, 1.807) is 18.2 Å². The Bertz CT molecular complexity index is 660. The smallest absolute Gasteiger partial charge is 0.289 e. The second kappa shape index (κ2) is 6.71. The van der Waals surface area contributed by atoms with Gasteiger partial charge in [0.25, 0.3) is 5.91 Å². The summed E-state index contributed by atoms with van der Waals surface area (Å²) in [6.07, 6.45) is 3.32. The molecule has 1 aliphatic rings. The van der Waals surface area contributed by atoms with Crippen LogP contribution in [-0.2, 0) is 0 Å². The van der Waals surface area contributed by atoms with E-state index in [2.05, 4.69) is 5.32 Å². The molecule has 0 bridgehead atoms. The van der Waals surface area contributed by atoms with E-state index in [1.165, 1.54) is 6.42 Å². The maximum atomic E-state index is 12.6. The molecule has 0 saturated carbocycles. The molecule has 2 heterocycles. The van der Waals surface area contributed by atoms with Gasteiger partial charge in [0.05, 0.1) is 0 Å². The molecule has 1 amide bonds. The predicted octanol–water partition coefficient (Wildman–Crippen LogP) is 3.55. The average Bonchev–Trinajstić information content (AvgIpc) is 2.95. The second-order valence-corrected chi connectivity index (χ2v) is 6.36. The Morgan fingerprint density at radius 1 is 1.36 bits per heavy atom. The molecule has 22 heavy (non-hydrogen) atoms. The number of carbonyl (C=O) groups excluding carboxylic acids is 1. The van der Waals surface area contributed by atoms with Gasteiger partial charge in [-0.3, -0.25) is 4.79 Å². The van der Waals surface area contributed by atoms with Crippen LogP contribution in [0.25, 0.3) is 11.0 Å². The van der Waals surface area contributed by atoms with Gasteiger partial charge in [-0.15, -0.1) is 0 Å². The SMILES string of the molecule is CNCCC1CCN(C(=O)c2cc3cc(Cl)ccc3o2)CC1. The van der Waals surface area contributed by atoms with Gasteiger partial charge in [-0.1, -0.05) is 11.6 Å². The molecule has 5 heteroatoms. The molecule has 1 aromatic carbocycles. The molecule has 3 rings (SSSR count). The predicted molar refractivity (Wildman–Crippen MR) is 88.4 cm³/mol. The van der Waals surface area contributed by atoms with Crippen LogP contribution >= 0.6 is 11.6 Å². The van der Waals surface area contributed by atoms with Crippen molar-refractivity contribution in [2.24, 2.45) is 5.92 Å². The molecule has 0 atom stereocenters. The van der Waals surface area contributed by atoms with Gasteiger partial charge in [0.15, 0.2) is 5.76 Å². The Morgan fingerprint density at radius 3 is 2.86 bits per heavy atom. The Labute approximate surface area is 135 Å². The first kappa shape index (κ1) is 15.4. The quantitative estimate of drug-likeness (QED) is 0.937. The Morgan fingerprint density at radius 2 is 2.14 bits per heavy atom. The van der Waals surface area contributed by atoms with Crippen LogP contribution in [0.5, 0.6) is 0 Å². The summed E-state index contributed by atoms with van der Waals surface area (Å²) in [6, 6.07) is 7.19. The van der Waals surface area contributed by atoms with Crippen LogP contribution in [0.3, 0.4) is 0 Å². The number of hydrogen-bond acceptors (Lipinski definition) is 3. The third-order valence-electron chi connectivity index (χ3n) is 4.39. The van der Waals surface area contributed by atoms with Crippen molar-refractivity contribution >= 4 is 28.5 Å². The monoisotopic (exact) mass is 320 g/mol. The minimum absolute atomic E-state index is 0.0145. The highest BCUT2D eigenvalue weighted by Gasteiger charge is 2.25. The van der Waals surface area contributed by atoms with Crippen molar-refractivity contribution in [1.82, 2.24) is 10.2 Å². The third-order valence-corrected chi connectivity index (χ3v) is 4.63. The molecule has 118 valence electrons. The molecule has 1 N–H and O–H groups in total. The summed E-state index contributed by atoms with van der Waals surface area (Å²) in [6.45, 7) is 2.67. The number of fused-ring (bicyclic) bond motifs is 1. The molecule has 0 spiro atoms. The Hall–Kier alpha value is -1.52. The van der Waals surface area contributed by atoms with Gasteiger partial charge in [0.1, 0.15) is 5.58 Å². The minimum atomic E-state index is -0.0145. The topological polar surface area (TPSA) is 45.5 Å². The number of amides is 1. The molecular weight excluding hydrogens is 300 g/mol. The first-order chi connectivity index (χ1) is 10.7. The molecule has 4 nitrogen and oxygen atoms in total. The molecule has 0 aliphatic carbocycles. The molecule has 2 aromatic rings. The van der Waals surface area contributed by atoms with Crippen molar-refractivity contribution in [2.45, 2.75) is 19.3 Å². The Kier molecular flexibility index (Phi) is 4.69. The fourth-order valence-electron chi connectivity index (χ4n) is 3.05. The number of nitrogens with zero attached hydrogens (tertiary/aromatic N) is 1. The largest absolute Gasteiger partial charge is 0.451 e. The fraction of sp³-hybridized carbons (Fsp3) is 0.471. The standard InChI is InChI=1S/C17H21ClN2O2/c1-19-7-4-12-5-8-20(9-6-12)17(21)16-11-13-10-14(18)2-3-15(13)22-16/h2-3,10-12,19H,4-9H2,1H3. The summed E-state index contributed by atoms with van der Waals surface area (Å²) in [4.78, 5) is 14.5. The highest BCUT2D eigenvalue weighted by Crippen LogP contribution is 2.26. The summed E-state index contributed by atoms with van der Waals surface area (Å²) < 4.78 is 5.67. The number of piperidine rings is 1. The molecule has 0 unspecified atom stereocenters. The normalized spacial score (nSPS) is 16.4. The lowest BCUT2D eigenvalue weighted by molar-refractivity contribution is 0.0657. The second-order valence-electron chi connectivity index (χ2n) is 5.92. The minimum Gasteiger partial charge on any atom is -0.451 e. The molecule has 1 saturated heterocycles. The van der Waals surface area contributed by atoms with Gasteiger partial charge >= 0.3 is 0 Å². The molecular formula is C17H21ClN2O2. The summed E-state index contributed by atoms with van der Waals surface area (Å²) in [5.41, 5.74) is 0.705. The number of halogens is 1. The van der Waals surface area contributed by atoms with E-state index in [1.807, 2.05) is 18.0 Å². The lowest BCUT2D eigenvalue weighted by Gasteiger charge is -2.31. The summed E-state index contributed by atoms with van der Waals surface area (Å²) >= 11 is 5.97. The van der Waals surface area contributed by atoms with E-state index in [0.29, 0.717) is 22.3 Å². The number of hydrogen-bond donors (Lipinski definition) is 1. The van der Waals surface area contributed by atoms with Crippen LogP contribution in [0.2, 0.25) is 5.02 Å². The number of likely N-dealkylation sites (tertiary alicyclic amines) is 1. The highest BCUT2D eigenvalue weighted by atomic mass is 35.5. The first-order valence-electron chi connectivity index (χ1n) is 7.80. The maximum absolute atomic E-state index is 12.6. The zero-order chi connectivity index (χ0) is 15.5. The van der Waals surface area contributed by atoms with Crippen molar-refractivity contribution in [3.8, 4) is 0 Å². The van der Waals surface area contributed by atoms with Crippen LogP contribution in [-0.4, -0.2) is 37.5 Å². The van der Waals surface area contributed by atoms with Crippen LogP contribution < -0.4 is 5.32 Å². The van der Waals surface area contributed by atoms with Crippen LogP contribution in [0.15, 0.2) is 28.7 Å². The number of carbonyl (C=O) groups is 1. The Balaban J connectivity index is 1.66. The molecule has 1 aromatic heterocycles. The lowest BCUT2D eigenvalue weighted by Crippen LogP contribution is -2.38. The summed E-state index contributed by atoms with van der Waals surface area (Å²) in [5, 5.41) is 4.71. The van der Waals surface area contributed by atoms with Gasteiger partial charge < -0.3 is 14.6 Å². The fourth-order valence-corrected chi connectivity index (χ4v) is 3.23. The van der Waals surface area contributed by atoms with Crippen LogP contribution in [0.1, 0.15) is 29.8 Å². The van der Waals surface area contributed by atoms with Crippen LogP contribution in [0, 0.1) is 5.92 Å². The van der Waals surface area contributed by atoms with E-state index in [9.17, 15) is 4.79 Å². The van der Waals surface area contributed by atoms with Gasteiger partial charge in [0.2, 0.25) is 0 Å². The summed E-state index contributed by atoms with van der Waals surface area (Å²) in [5.74, 6) is 1.11.